The average molecular weight is 238 g/mol. The van der Waals surface area contributed by atoms with Crippen LogP contribution < -0.4 is 10.6 Å². The molecule has 98 valence electrons. The molecule has 1 aliphatic carbocycles. The highest BCUT2D eigenvalue weighted by Crippen LogP contribution is 2.29. The summed E-state index contributed by atoms with van der Waals surface area (Å²) in [5, 5.41) is 6.62. The van der Waals surface area contributed by atoms with Crippen molar-refractivity contribution in [3.63, 3.8) is 0 Å². The van der Waals surface area contributed by atoms with Crippen molar-refractivity contribution in [2.24, 2.45) is 17.8 Å². The van der Waals surface area contributed by atoms with E-state index in [2.05, 4.69) is 24.5 Å². The minimum Gasteiger partial charge on any atom is -0.353 e. The standard InChI is InChI=1S/C14H26N2O/c1-10-5-3-6-11(2)13(10)16-14(17)12-7-4-8-15-9-12/h10-13,15H,3-9H2,1-2H3,(H,16,17)/t10?,11?,12-,13?/m0/s1. The molecule has 3 nitrogen and oxygen atoms in total. The minimum atomic E-state index is 0.199. The van der Waals surface area contributed by atoms with Gasteiger partial charge in [-0.1, -0.05) is 20.3 Å². The number of carbonyl (C=O) groups excluding carboxylic acids is 1. The van der Waals surface area contributed by atoms with E-state index in [0.29, 0.717) is 17.9 Å². The van der Waals surface area contributed by atoms with Gasteiger partial charge in [0.1, 0.15) is 0 Å². The van der Waals surface area contributed by atoms with Crippen LogP contribution in [-0.4, -0.2) is 25.0 Å². The van der Waals surface area contributed by atoms with Crippen LogP contribution >= 0.6 is 0 Å². The lowest BCUT2D eigenvalue weighted by atomic mass is 9.78. The lowest BCUT2D eigenvalue weighted by molar-refractivity contribution is -0.127. The Kier molecular flexibility index (Phi) is 4.43. The van der Waals surface area contributed by atoms with E-state index in [1.54, 1.807) is 0 Å². The van der Waals surface area contributed by atoms with Crippen LogP contribution in [0.15, 0.2) is 0 Å². The molecular weight excluding hydrogens is 212 g/mol. The van der Waals surface area contributed by atoms with Gasteiger partial charge >= 0.3 is 0 Å². The fourth-order valence-electron chi connectivity index (χ4n) is 3.32. The minimum absolute atomic E-state index is 0.199. The number of hydrogen-bond acceptors (Lipinski definition) is 2. The van der Waals surface area contributed by atoms with Crippen molar-refractivity contribution in [2.45, 2.75) is 52.0 Å². The topological polar surface area (TPSA) is 41.1 Å². The van der Waals surface area contributed by atoms with Crippen molar-refractivity contribution in [1.29, 1.82) is 0 Å². The van der Waals surface area contributed by atoms with Gasteiger partial charge in [0.2, 0.25) is 5.91 Å². The van der Waals surface area contributed by atoms with E-state index in [9.17, 15) is 4.79 Å². The average Bonchev–Trinajstić information content (AvgIpc) is 2.35. The lowest BCUT2D eigenvalue weighted by Crippen LogP contribution is -2.50. The maximum Gasteiger partial charge on any atom is 0.224 e. The molecule has 0 spiro atoms. The third-order valence-electron chi connectivity index (χ3n) is 4.52. The van der Waals surface area contributed by atoms with E-state index in [-0.39, 0.29) is 11.8 Å². The molecule has 2 rings (SSSR count). The summed E-state index contributed by atoms with van der Waals surface area (Å²) in [6.07, 6.45) is 6.03. The Balaban J connectivity index is 1.87. The molecule has 0 aromatic heterocycles. The highest BCUT2D eigenvalue weighted by molar-refractivity contribution is 5.79. The van der Waals surface area contributed by atoms with Gasteiger partial charge < -0.3 is 10.6 Å². The van der Waals surface area contributed by atoms with Crippen molar-refractivity contribution >= 4 is 5.91 Å². The second kappa shape index (κ2) is 5.85. The van der Waals surface area contributed by atoms with E-state index >= 15 is 0 Å². The molecule has 2 fully saturated rings. The van der Waals surface area contributed by atoms with Crippen LogP contribution in [0, 0.1) is 17.8 Å². The summed E-state index contributed by atoms with van der Waals surface area (Å²) in [4.78, 5) is 12.2. The molecule has 1 saturated carbocycles. The summed E-state index contributed by atoms with van der Waals surface area (Å²) in [5.41, 5.74) is 0. The van der Waals surface area contributed by atoms with Crippen molar-refractivity contribution in [1.82, 2.24) is 10.6 Å². The number of rotatable bonds is 2. The van der Waals surface area contributed by atoms with Crippen LogP contribution in [0.25, 0.3) is 0 Å². The third kappa shape index (κ3) is 3.21. The van der Waals surface area contributed by atoms with Gasteiger partial charge in [0, 0.05) is 12.6 Å². The van der Waals surface area contributed by atoms with Gasteiger partial charge in [-0.25, -0.2) is 0 Å². The Morgan fingerprint density at radius 3 is 2.41 bits per heavy atom. The quantitative estimate of drug-likeness (QED) is 0.772. The molecule has 0 bridgehead atoms. The van der Waals surface area contributed by atoms with E-state index in [4.69, 9.17) is 0 Å². The van der Waals surface area contributed by atoms with Crippen molar-refractivity contribution in [2.75, 3.05) is 13.1 Å². The predicted molar refractivity (Wildman–Crippen MR) is 69.7 cm³/mol. The zero-order valence-electron chi connectivity index (χ0n) is 11.2. The molecule has 1 amide bonds. The van der Waals surface area contributed by atoms with E-state index in [1.165, 1.54) is 19.3 Å². The van der Waals surface area contributed by atoms with Gasteiger partial charge in [-0.15, -0.1) is 0 Å². The van der Waals surface area contributed by atoms with Crippen LogP contribution in [0.1, 0.15) is 46.0 Å². The van der Waals surface area contributed by atoms with E-state index in [0.717, 1.165) is 25.9 Å². The van der Waals surface area contributed by atoms with Gasteiger partial charge in [-0.05, 0) is 44.1 Å². The molecule has 2 aliphatic rings. The Morgan fingerprint density at radius 1 is 1.12 bits per heavy atom. The van der Waals surface area contributed by atoms with Crippen LogP contribution in [0.4, 0.5) is 0 Å². The largest absolute Gasteiger partial charge is 0.353 e. The first-order valence-electron chi connectivity index (χ1n) is 7.19. The molecule has 2 N–H and O–H groups in total. The Labute approximate surface area is 105 Å². The predicted octanol–water partition coefficient (Wildman–Crippen LogP) is 1.93. The molecule has 17 heavy (non-hydrogen) atoms. The summed E-state index contributed by atoms with van der Waals surface area (Å²) in [5.74, 6) is 1.76. The molecule has 1 aliphatic heterocycles. The van der Waals surface area contributed by atoms with Crippen molar-refractivity contribution in [3.8, 4) is 0 Å². The fourth-order valence-corrected chi connectivity index (χ4v) is 3.32. The summed E-state index contributed by atoms with van der Waals surface area (Å²) >= 11 is 0. The van der Waals surface area contributed by atoms with Gasteiger partial charge in [0.05, 0.1) is 5.92 Å². The van der Waals surface area contributed by atoms with E-state index < -0.39 is 0 Å². The number of carbonyl (C=O) groups is 1. The molecule has 0 aromatic carbocycles. The summed E-state index contributed by atoms with van der Waals surface area (Å²) in [6.45, 7) is 6.49. The maximum absolute atomic E-state index is 12.2. The highest BCUT2D eigenvalue weighted by Gasteiger charge is 2.31. The Bertz CT molecular complexity index is 251. The van der Waals surface area contributed by atoms with Crippen LogP contribution in [0.5, 0.6) is 0 Å². The molecule has 3 atom stereocenters. The van der Waals surface area contributed by atoms with Gasteiger partial charge in [0.15, 0.2) is 0 Å². The van der Waals surface area contributed by atoms with Crippen LogP contribution in [-0.2, 0) is 4.79 Å². The monoisotopic (exact) mass is 238 g/mol. The zero-order valence-corrected chi connectivity index (χ0v) is 11.2. The second-order valence-electron chi connectivity index (χ2n) is 5.96. The van der Waals surface area contributed by atoms with Crippen LogP contribution in [0.2, 0.25) is 0 Å². The summed E-state index contributed by atoms with van der Waals surface area (Å²) in [7, 11) is 0. The number of amides is 1. The van der Waals surface area contributed by atoms with Gasteiger partial charge in [-0.2, -0.15) is 0 Å². The van der Waals surface area contributed by atoms with E-state index in [1.807, 2.05) is 0 Å². The smallest absolute Gasteiger partial charge is 0.224 e. The van der Waals surface area contributed by atoms with Crippen molar-refractivity contribution < 1.29 is 4.79 Å². The molecule has 2 unspecified atom stereocenters. The number of nitrogens with one attached hydrogen (secondary N) is 2. The highest BCUT2D eigenvalue weighted by atomic mass is 16.2. The first-order chi connectivity index (χ1) is 8.18. The molecule has 3 heteroatoms. The normalized spacial score (nSPS) is 38.7. The first kappa shape index (κ1) is 12.9. The van der Waals surface area contributed by atoms with Crippen LogP contribution in [0.3, 0.4) is 0 Å². The molecular formula is C14H26N2O. The zero-order chi connectivity index (χ0) is 12.3. The summed E-state index contributed by atoms with van der Waals surface area (Å²) < 4.78 is 0. The molecule has 1 heterocycles. The van der Waals surface area contributed by atoms with Gasteiger partial charge in [-0.3, -0.25) is 4.79 Å². The number of hydrogen-bond donors (Lipinski definition) is 2. The van der Waals surface area contributed by atoms with Crippen molar-refractivity contribution in [3.05, 3.63) is 0 Å². The van der Waals surface area contributed by atoms with Gasteiger partial charge in [0.25, 0.3) is 0 Å². The maximum atomic E-state index is 12.2. The summed E-state index contributed by atoms with van der Waals surface area (Å²) in [6, 6.07) is 0.401. The molecule has 1 saturated heterocycles. The SMILES string of the molecule is CC1CCCC(C)C1NC(=O)[C@H]1CCCNC1. The number of piperidine rings is 1. The fraction of sp³-hybridized carbons (Fsp3) is 0.929. The first-order valence-corrected chi connectivity index (χ1v) is 7.19. The Hall–Kier alpha value is -0.570. The third-order valence-corrected chi connectivity index (χ3v) is 4.52. The molecule has 0 radical (unpaired) electrons. The Morgan fingerprint density at radius 2 is 1.82 bits per heavy atom. The molecule has 0 aromatic rings. The lowest BCUT2D eigenvalue weighted by Gasteiger charge is -2.36. The second-order valence-corrected chi connectivity index (χ2v) is 5.96.